The Morgan fingerprint density at radius 2 is 1.88 bits per heavy atom. The van der Waals surface area contributed by atoms with Crippen LogP contribution < -0.4 is 10.6 Å². The lowest BCUT2D eigenvalue weighted by atomic mass is 10.0. The van der Waals surface area contributed by atoms with Gasteiger partial charge in [-0.25, -0.2) is 0 Å². The van der Waals surface area contributed by atoms with Crippen molar-refractivity contribution in [2.75, 3.05) is 18.0 Å². The van der Waals surface area contributed by atoms with Crippen LogP contribution in [0.4, 0.5) is 5.69 Å². The molecule has 16 heavy (non-hydrogen) atoms. The highest BCUT2D eigenvalue weighted by Gasteiger charge is 2.14. The first-order chi connectivity index (χ1) is 7.77. The first-order valence-electron chi connectivity index (χ1n) is 6.36. The van der Waals surface area contributed by atoms with Gasteiger partial charge in [0.2, 0.25) is 0 Å². The van der Waals surface area contributed by atoms with E-state index >= 15 is 0 Å². The zero-order valence-electron chi connectivity index (χ0n) is 10.2. The molecular weight excluding hydrogens is 196 g/mol. The molecule has 1 aliphatic rings. The average molecular weight is 218 g/mol. The third-order valence-electron chi connectivity index (χ3n) is 3.23. The number of rotatable bonds is 3. The first-order valence-corrected chi connectivity index (χ1v) is 6.36. The van der Waals surface area contributed by atoms with Crippen molar-refractivity contribution in [2.24, 2.45) is 5.73 Å². The van der Waals surface area contributed by atoms with E-state index in [0.29, 0.717) is 0 Å². The Morgan fingerprint density at radius 1 is 1.19 bits per heavy atom. The minimum absolute atomic E-state index is 0.242. The van der Waals surface area contributed by atoms with Gasteiger partial charge in [-0.2, -0.15) is 0 Å². The summed E-state index contributed by atoms with van der Waals surface area (Å²) in [5.41, 5.74) is 8.71. The SMILES string of the molecule is CC(N)Cc1ccccc1N1CCCCC1. The van der Waals surface area contributed by atoms with Crippen molar-refractivity contribution in [2.45, 2.75) is 38.6 Å². The molecule has 0 radical (unpaired) electrons. The third kappa shape index (κ3) is 2.76. The van der Waals surface area contributed by atoms with E-state index in [4.69, 9.17) is 5.73 Å². The highest BCUT2D eigenvalue weighted by Crippen LogP contribution is 2.24. The molecule has 2 heteroatoms. The summed E-state index contributed by atoms with van der Waals surface area (Å²) in [5.74, 6) is 0. The number of nitrogens with zero attached hydrogens (tertiary/aromatic N) is 1. The second-order valence-corrected chi connectivity index (χ2v) is 4.86. The van der Waals surface area contributed by atoms with Gasteiger partial charge in [0.1, 0.15) is 0 Å². The quantitative estimate of drug-likeness (QED) is 0.845. The van der Waals surface area contributed by atoms with Crippen molar-refractivity contribution in [3.05, 3.63) is 29.8 Å². The molecule has 0 spiro atoms. The molecular formula is C14H22N2. The lowest BCUT2D eigenvalue weighted by Crippen LogP contribution is -2.31. The fourth-order valence-electron chi connectivity index (χ4n) is 2.47. The molecule has 1 aromatic rings. The topological polar surface area (TPSA) is 29.3 Å². The molecule has 1 aliphatic heterocycles. The fraction of sp³-hybridized carbons (Fsp3) is 0.571. The van der Waals surface area contributed by atoms with Crippen LogP contribution in [-0.4, -0.2) is 19.1 Å². The van der Waals surface area contributed by atoms with E-state index in [1.807, 2.05) is 0 Å². The van der Waals surface area contributed by atoms with E-state index in [-0.39, 0.29) is 6.04 Å². The zero-order valence-corrected chi connectivity index (χ0v) is 10.2. The van der Waals surface area contributed by atoms with Gasteiger partial charge in [-0.1, -0.05) is 18.2 Å². The summed E-state index contributed by atoms with van der Waals surface area (Å²) in [6.07, 6.45) is 5.01. The molecule has 0 amide bonds. The minimum atomic E-state index is 0.242. The predicted molar refractivity (Wildman–Crippen MR) is 69.9 cm³/mol. The Balaban J connectivity index is 2.17. The highest BCUT2D eigenvalue weighted by atomic mass is 15.1. The number of hydrogen-bond acceptors (Lipinski definition) is 2. The van der Waals surface area contributed by atoms with Gasteiger partial charge in [0.25, 0.3) is 0 Å². The maximum absolute atomic E-state index is 5.90. The van der Waals surface area contributed by atoms with Gasteiger partial charge < -0.3 is 10.6 Å². The predicted octanol–water partition coefficient (Wildman–Crippen LogP) is 2.57. The first kappa shape index (κ1) is 11.5. The van der Waals surface area contributed by atoms with Crippen molar-refractivity contribution in [1.29, 1.82) is 0 Å². The van der Waals surface area contributed by atoms with E-state index in [2.05, 4.69) is 36.1 Å². The number of anilines is 1. The molecule has 1 saturated heterocycles. The van der Waals surface area contributed by atoms with E-state index in [0.717, 1.165) is 6.42 Å². The van der Waals surface area contributed by atoms with Crippen molar-refractivity contribution in [3.63, 3.8) is 0 Å². The van der Waals surface area contributed by atoms with E-state index < -0.39 is 0 Å². The zero-order chi connectivity index (χ0) is 11.4. The van der Waals surface area contributed by atoms with Crippen LogP contribution in [0.2, 0.25) is 0 Å². The molecule has 0 saturated carbocycles. The maximum atomic E-state index is 5.90. The summed E-state index contributed by atoms with van der Waals surface area (Å²) >= 11 is 0. The van der Waals surface area contributed by atoms with Gasteiger partial charge in [-0.15, -0.1) is 0 Å². The van der Waals surface area contributed by atoms with Crippen molar-refractivity contribution < 1.29 is 0 Å². The molecule has 1 heterocycles. The molecule has 1 unspecified atom stereocenters. The van der Waals surface area contributed by atoms with Gasteiger partial charge in [0, 0.05) is 24.8 Å². The van der Waals surface area contributed by atoms with Crippen LogP contribution >= 0.6 is 0 Å². The molecule has 0 bridgehead atoms. The van der Waals surface area contributed by atoms with Gasteiger partial charge in [-0.05, 0) is 44.2 Å². The Kier molecular flexibility index (Phi) is 3.83. The molecule has 1 aromatic carbocycles. The summed E-state index contributed by atoms with van der Waals surface area (Å²) < 4.78 is 0. The average Bonchev–Trinajstić information content (AvgIpc) is 2.30. The summed E-state index contributed by atoms with van der Waals surface area (Å²) in [4.78, 5) is 2.52. The van der Waals surface area contributed by atoms with Crippen LogP contribution in [-0.2, 0) is 6.42 Å². The van der Waals surface area contributed by atoms with Crippen LogP contribution in [0.15, 0.2) is 24.3 Å². The molecule has 1 fully saturated rings. The van der Waals surface area contributed by atoms with E-state index in [9.17, 15) is 0 Å². The largest absolute Gasteiger partial charge is 0.371 e. The number of piperidine rings is 1. The smallest absolute Gasteiger partial charge is 0.0399 e. The third-order valence-corrected chi connectivity index (χ3v) is 3.23. The van der Waals surface area contributed by atoms with Crippen LogP contribution in [0.3, 0.4) is 0 Å². The second-order valence-electron chi connectivity index (χ2n) is 4.86. The van der Waals surface area contributed by atoms with Gasteiger partial charge in [0.15, 0.2) is 0 Å². The van der Waals surface area contributed by atoms with Crippen LogP contribution in [0.25, 0.3) is 0 Å². The molecule has 2 nitrogen and oxygen atoms in total. The number of nitrogens with two attached hydrogens (primary N) is 1. The monoisotopic (exact) mass is 218 g/mol. The number of para-hydroxylation sites is 1. The van der Waals surface area contributed by atoms with Crippen LogP contribution in [0, 0.1) is 0 Å². The Bertz CT molecular complexity index is 327. The molecule has 0 aliphatic carbocycles. The van der Waals surface area contributed by atoms with E-state index in [1.165, 1.54) is 43.6 Å². The van der Waals surface area contributed by atoms with Crippen molar-refractivity contribution in [3.8, 4) is 0 Å². The van der Waals surface area contributed by atoms with Crippen LogP contribution in [0.1, 0.15) is 31.7 Å². The lowest BCUT2D eigenvalue weighted by Gasteiger charge is -2.31. The van der Waals surface area contributed by atoms with Crippen LogP contribution in [0.5, 0.6) is 0 Å². The van der Waals surface area contributed by atoms with Crippen molar-refractivity contribution >= 4 is 5.69 Å². The molecule has 0 aromatic heterocycles. The van der Waals surface area contributed by atoms with Gasteiger partial charge >= 0.3 is 0 Å². The summed E-state index contributed by atoms with van der Waals surface area (Å²) in [6, 6.07) is 8.95. The van der Waals surface area contributed by atoms with Gasteiger partial charge in [0.05, 0.1) is 0 Å². The summed E-state index contributed by atoms with van der Waals surface area (Å²) in [6.45, 7) is 4.49. The Labute approximate surface area is 98.4 Å². The Hall–Kier alpha value is -1.02. The number of hydrogen-bond donors (Lipinski definition) is 1. The fourth-order valence-corrected chi connectivity index (χ4v) is 2.47. The number of benzene rings is 1. The standard InChI is InChI=1S/C14H22N2/c1-12(15)11-13-7-3-4-8-14(13)16-9-5-2-6-10-16/h3-4,7-8,12H,2,5-6,9-11,15H2,1H3. The minimum Gasteiger partial charge on any atom is -0.371 e. The van der Waals surface area contributed by atoms with Gasteiger partial charge in [-0.3, -0.25) is 0 Å². The molecule has 1 atom stereocenters. The van der Waals surface area contributed by atoms with Crippen molar-refractivity contribution in [1.82, 2.24) is 0 Å². The molecule has 2 N–H and O–H groups in total. The summed E-state index contributed by atoms with van der Waals surface area (Å²) in [5, 5.41) is 0. The summed E-state index contributed by atoms with van der Waals surface area (Å²) in [7, 11) is 0. The highest BCUT2D eigenvalue weighted by molar-refractivity contribution is 5.54. The normalized spacial score (nSPS) is 18.5. The molecule has 88 valence electrons. The Morgan fingerprint density at radius 3 is 2.56 bits per heavy atom. The maximum Gasteiger partial charge on any atom is 0.0399 e. The second kappa shape index (κ2) is 5.35. The molecule has 2 rings (SSSR count). The lowest BCUT2D eigenvalue weighted by molar-refractivity contribution is 0.575. The van der Waals surface area contributed by atoms with E-state index in [1.54, 1.807) is 0 Å².